The van der Waals surface area contributed by atoms with E-state index in [1.807, 2.05) is 37.3 Å². The number of allylic oxidation sites excluding steroid dienone is 1. The van der Waals surface area contributed by atoms with Gasteiger partial charge in [-0.2, -0.15) is 0 Å². The zero-order valence-corrected chi connectivity index (χ0v) is 14.9. The number of hydrogen-bond donors (Lipinski definition) is 0. The Labute approximate surface area is 149 Å². The molecule has 0 bridgehead atoms. The van der Waals surface area contributed by atoms with Crippen molar-refractivity contribution in [2.24, 2.45) is 11.8 Å². The molecule has 3 rings (SSSR count). The summed E-state index contributed by atoms with van der Waals surface area (Å²) in [6, 6.07) is 12.9. The van der Waals surface area contributed by atoms with Crippen LogP contribution in [0.3, 0.4) is 0 Å². The summed E-state index contributed by atoms with van der Waals surface area (Å²) in [5.74, 6) is 1.99. The van der Waals surface area contributed by atoms with Crippen LogP contribution in [-0.4, -0.2) is 13.2 Å². The van der Waals surface area contributed by atoms with Gasteiger partial charge in [0.1, 0.15) is 5.75 Å². The molecule has 2 unspecified atom stereocenters. The topological polar surface area (TPSA) is 18.5 Å². The van der Waals surface area contributed by atoms with Gasteiger partial charge in [-0.3, -0.25) is 0 Å². The van der Waals surface area contributed by atoms with Crippen LogP contribution in [0.5, 0.6) is 11.5 Å². The van der Waals surface area contributed by atoms with E-state index >= 15 is 0 Å². The maximum Gasteiger partial charge on any atom is 0.165 e. The Morgan fingerprint density at radius 2 is 1.72 bits per heavy atom. The third-order valence-corrected chi connectivity index (χ3v) is 4.59. The fourth-order valence-electron chi connectivity index (χ4n) is 3.05. The minimum atomic E-state index is -0.335. The first kappa shape index (κ1) is 17.5. The quantitative estimate of drug-likeness (QED) is 0.612. The van der Waals surface area contributed by atoms with Gasteiger partial charge < -0.3 is 9.47 Å². The highest BCUT2D eigenvalue weighted by Gasteiger charge is 2.13. The Morgan fingerprint density at radius 3 is 2.36 bits per heavy atom. The average Bonchev–Trinajstić information content (AvgIpc) is 2.63. The highest BCUT2D eigenvalue weighted by molar-refractivity contribution is 5.65. The van der Waals surface area contributed by atoms with Crippen LogP contribution in [0.4, 0.5) is 4.39 Å². The molecule has 1 aliphatic carbocycles. The van der Waals surface area contributed by atoms with E-state index in [1.54, 1.807) is 6.07 Å². The first-order chi connectivity index (χ1) is 12.2. The molecular formula is C22H25FO2. The van der Waals surface area contributed by atoms with Crippen molar-refractivity contribution in [2.75, 3.05) is 13.2 Å². The summed E-state index contributed by atoms with van der Waals surface area (Å²) in [6.45, 7) is 5.25. The number of ether oxygens (including phenoxy) is 2. The minimum absolute atomic E-state index is 0.293. The molecule has 0 spiro atoms. The second-order valence-corrected chi connectivity index (χ2v) is 6.61. The van der Waals surface area contributed by atoms with Crippen LogP contribution < -0.4 is 9.47 Å². The SMILES string of the molecule is CCOc1ccc(-c2ccc(OCC3C=CC(C)CC3)cc2)cc1F. The minimum Gasteiger partial charge on any atom is -0.493 e. The third kappa shape index (κ3) is 4.62. The standard InChI is InChI=1S/C22H25FO2/c1-3-24-22-13-10-19(14-21(22)23)18-8-11-20(12-9-18)25-15-17-6-4-16(2)5-7-17/h4,6,8-14,16-17H,3,5,7,15H2,1-2H3. The Kier molecular flexibility index (Phi) is 5.75. The zero-order valence-electron chi connectivity index (χ0n) is 14.9. The molecule has 3 heteroatoms. The highest BCUT2D eigenvalue weighted by Crippen LogP contribution is 2.28. The molecule has 0 aliphatic heterocycles. The fraction of sp³-hybridized carbons (Fsp3) is 0.364. The first-order valence-corrected chi connectivity index (χ1v) is 8.99. The van der Waals surface area contributed by atoms with Crippen molar-refractivity contribution in [3.8, 4) is 22.6 Å². The average molecular weight is 340 g/mol. The second-order valence-electron chi connectivity index (χ2n) is 6.61. The van der Waals surface area contributed by atoms with Gasteiger partial charge in [0.15, 0.2) is 11.6 Å². The molecule has 25 heavy (non-hydrogen) atoms. The van der Waals surface area contributed by atoms with E-state index in [2.05, 4.69) is 19.1 Å². The molecule has 0 aromatic heterocycles. The molecule has 0 amide bonds. The lowest BCUT2D eigenvalue weighted by molar-refractivity contribution is 0.257. The predicted molar refractivity (Wildman–Crippen MR) is 99.5 cm³/mol. The summed E-state index contributed by atoms with van der Waals surface area (Å²) in [7, 11) is 0. The van der Waals surface area contributed by atoms with Crippen molar-refractivity contribution in [2.45, 2.75) is 26.7 Å². The molecule has 0 fully saturated rings. The Morgan fingerprint density at radius 1 is 0.960 bits per heavy atom. The summed E-state index contributed by atoms with van der Waals surface area (Å²) in [5, 5.41) is 0. The molecule has 2 atom stereocenters. The monoisotopic (exact) mass is 340 g/mol. The predicted octanol–water partition coefficient (Wildman–Crippen LogP) is 5.87. The lowest BCUT2D eigenvalue weighted by Crippen LogP contribution is -2.14. The van der Waals surface area contributed by atoms with Crippen molar-refractivity contribution in [1.82, 2.24) is 0 Å². The van der Waals surface area contributed by atoms with Crippen LogP contribution in [0.1, 0.15) is 26.7 Å². The van der Waals surface area contributed by atoms with Gasteiger partial charge >= 0.3 is 0 Å². The van der Waals surface area contributed by atoms with Crippen molar-refractivity contribution in [3.63, 3.8) is 0 Å². The van der Waals surface area contributed by atoms with Gasteiger partial charge in [0.25, 0.3) is 0 Å². The number of benzene rings is 2. The molecule has 2 aromatic carbocycles. The largest absolute Gasteiger partial charge is 0.493 e. The normalized spacial score (nSPS) is 19.6. The van der Waals surface area contributed by atoms with Crippen LogP contribution in [0, 0.1) is 17.7 Å². The van der Waals surface area contributed by atoms with E-state index in [4.69, 9.17) is 9.47 Å². The molecular weight excluding hydrogens is 315 g/mol. The van der Waals surface area contributed by atoms with Gasteiger partial charge in [0.2, 0.25) is 0 Å². The highest BCUT2D eigenvalue weighted by atomic mass is 19.1. The van der Waals surface area contributed by atoms with Crippen molar-refractivity contribution < 1.29 is 13.9 Å². The van der Waals surface area contributed by atoms with Crippen LogP contribution >= 0.6 is 0 Å². The molecule has 1 aliphatic rings. The molecule has 0 radical (unpaired) electrons. The molecule has 0 saturated heterocycles. The van der Waals surface area contributed by atoms with E-state index in [0.29, 0.717) is 30.8 Å². The summed E-state index contributed by atoms with van der Waals surface area (Å²) in [4.78, 5) is 0. The molecule has 0 heterocycles. The Balaban J connectivity index is 1.62. The van der Waals surface area contributed by atoms with Crippen molar-refractivity contribution in [3.05, 3.63) is 60.4 Å². The molecule has 2 nitrogen and oxygen atoms in total. The van der Waals surface area contributed by atoms with E-state index in [0.717, 1.165) is 16.9 Å². The summed E-state index contributed by atoms with van der Waals surface area (Å²) in [6.07, 6.45) is 6.96. The van der Waals surface area contributed by atoms with Crippen LogP contribution in [0.15, 0.2) is 54.6 Å². The van der Waals surface area contributed by atoms with Crippen LogP contribution in [0.2, 0.25) is 0 Å². The maximum absolute atomic E-state index is 14.0. The number of rotatable bonds is 6. The Hall–Kier alpha value is -2.29. The van der Waals surface area contributed by atoms with E-state index < -0.39 is 0 Å². The van der Waals surface area contributed by atoms with Gasteiger partial charge in [0.05, 0.1) is 13.2 Å². The van der Waals surface area contributed by atoms with Crippen molar-refractivity contribution in [1.29, 1.82) is 0 Å². The smallest absolute Gasteiger partial charge is 0.165 e. The van der Waals surface area contributed by atoms with Gasteiger partial charge in [-0.1, -0.05) is 37.3 Å². The summed E-state index contributed by atoms with van der Waals surface area (Å²) in [5.41, 5.74) is 1.79. The summed E-state index contributed by atoms with van der Waals surface area (Å²) >= 11 is 0. The Bertz CT molecular complexity index is 721. The van der Waals surface area contributed by atoms with Gasteiger partial charge in [0, 0.05) is 5.92 Å². The number of halogens is 1. The fourth-order valence-corrected chi connectivity index (χ4v) is 3.05. The van der Waals surface area contributed by atoms with E-state index in [-0.39, 0.29) is 5.82 Å². The lowest BCUT2D eigenvalue weighted by atomic mass is 9.90. The molecule has 2 aromatic rings. The van der Waals surface area contributed by atoms with Crippen LogP contribution in [-0.2, 0) is 0 Å². The third-order valence-electron chi connectivity index (χ3n) is 4.59. The van der Waals surface area contributed by atoms with Gasteiger partial charge in [-0.15, -0.1) is 0 Å². The maximum atomic E-state index is 14.0. The summed E-state index contributed by atoms with van der Waals surface area (Å²) < 4.78 is 25.1. The van der Waals surface area contributed by atoms with E-state index in [1.165, 1.54) is 18.9 Å². The second kappa shape index (κ2) is 8.19. The van der Waals surface area contributed by atoms with Gasteiger partial charge in [-0.05, 0) is 61.1 Å². The first-order valence-electron chi connectivity index (χ1n) is 8.99. The van der Waals surface area contributed by atoms with Crippen molar-refractivity contribution >= 4 is 0 Å². The molecule has 0 N–H and O–H groups in total. The molecule has 132 valence electrons. The molecule has 0 saturated carbocycles. The van der Waals surface area contributed by atoms with Gasteiger partial charge in [-0.25, -0.2) is 4.39 Å². The number of hydrogen-bond acceptors (Lipinski definition) is 2. The van der Waals surface area contributed by atoms with E-state index in [9.17, 15) is 4.39 Å². The van der Waals surface area contributed by atoms with Crippen LogP contribution in [0.25, 0.3) is 11.1 Å². The zero-order chi connectivity index (χ0) is 17.6. The lowest BCUT2D eigenvalue weighted by Gasteiger charge is -2.20.